The minimum atomic E-state index is -3.31. The molecule has 2 aromatic rings. The number of benzene rings is 1. The van der Waals surface area contributed by atoms with Gasteiger partial charge in [-0.05, 0) is 62.6 Å². The molecule has 1 saturated carbocycles. The van der Waals surface area contributed by atoms with Gasteiger partial charge >= 0.3 is 0 Å². The van der Waals surface area contributed by atoms with Crippen LogP contribution in [0.5, 0.6) is 0 Å². The lowest BCUT2D eigenvalue weighted by molar-refractivity contribution is -0.211. The molecule has 1 aliphatic heterocycles. The molecule has 0 bridgehead atoms. The van der Waals surface area contributed by atoms with Crippen molar-refractivity contribution in [3.05, 3.63) is 45.9 Å². The number of hydrogen-bond donors (Lipinski definition) is 1. The standard InChI is InChI=1S/C28H37NO8S2/c1-28(32,27(35-2)36-3)25-17-29-26(38-25)24(31)11-10-23(30)22(16-18-12-14-37-15-13-18)19-4-6-20(7-5-19)39(33,34)21-8-9-21/h4-7,17-18,21-22,27,32H,8-16H2,1-3H3. The van der Waals surface area contributed by atoms with Gasteiger partial charge in [-0.15, -0.1) is 11.3 Å². The highest BCUT2D eigenvalue weighted by Crippen LogP contribution is 2.36. The average molecular weight is 580 g/mol. The van der Waals surface area contributed by atoms with Gasteiger partial charge in [-0.2, -0.15) is 0 Å². The molecule has 214 valence electrons. The van der Waals surface area contributed by atoms with E-state index < -0.39 is 27.6 Å². The number of rotatable bonds is 14. The van der Waals surface area contributed by atoms with E-state index in [1.807, 2.05) is 0 Å². The molecule has 0 radical (unpaired) electrons. The summed E-state index contributed by atoms with van der Waals surface area (Å²) in [5, 5.41) is 10.7. The van der Waals surface area contributed by atoms with Gasteiger partial charge in [-0.25, -0.2) is 13.4 Å². The summed E-state index contributed by atoms with van der Waals surface area (Å²) < 4.78 is 41.1. The molecule has 2 aliphatic rings. The third-order valence-electron chi connectivity index (χ3n) is 7.60. The molecule has 1 aromatic carbocycles. The fourth-order valence-electron chi connectivity index (χ4n) is 5.06. The summed E-state index contributed by atoms with van der Waals surface area (Å²) in [6, 6.07) is 6.70. The van der Waals surface area contributed by atoms with E-state index in [9.17, 15) is 23.1 Å². The summed E-state index contributed by atoms with van der Waals surface area (Å²) in [4.78, 5) is 31.3. The Balaban J connectivity index is 1.45. The summed E-state index contributed by atoms with van der Waals surface area (Å²) in [5.41, 5.74) is -0.727. The Bertz CT molecular complexity index is 1240. The molecular weight excluding hydrogens is 542 g/mol. The van der Waals surface area contributed by atoms with Gasteiger partial charge in [0.05, 0.1) is 15.0 Å². The van der Waals surface area contributed by atoms with E-state index in [4.69, 9.17) is 14.2 Å². The van der Waals surface area contributed by atoms with Gasteiger partial charge < -0.3 is 19.3 Å². The molecule has 1 aromatic heterocycles. The zero-order valence-corrected chi connectivity index (χ0v) is 24.3. The number of thiazole rings is 1. The number of nitrogens with zero attached hydrogens (tertiary/aromatic N) is 1. The van der Waals surface area contributed by atoms with Crippen LogP contribution in [-0.4, -0.2) is 69.0 Å². The average Bonchev–Trinajstić information content (AvgIpc) is 3.68. The van der Waals surface area contributed by atoms with Gasteiger partial charge in [0, 0.05) is 52.4 Å². The van der Waals surface area contributed by atoms with Gasteiger partial charge in [-0.3, -0.25) is 9.59 Å². The Hall–Kier alpha value is -2.02. The molecule has 2 atom stereocenters. The molecule has 2 fully saturated rings. The Morgan fingerprint density at radius 3 is 2.33 bits per heavy atom. The van der Waals surface area contributed by atoms with Crippen molar-refractivity contribution in [2.24, 2.45) is 5.92 Å². The minimum absolute atomic E-state index is 0.00959. The molecule has 0 amide bonds. The van der Waals surface area contributed by atoms with E-state index in [1.54, 1.807) is 24.3 Å². The maximum Gasteiger partial charge on any atom is 0.191 e. The fraction of sp³-hybridized carbons (Fsp3) is 0.607. The quantitative estimate of drug-likeness (QED) is 0.260. The largest absolute Gasteiger partial charge is 0.381 e. The van der Waals surface area contributed by atoms with Gasteiger partial charge in [0.2, 0.25) is 0 Å². The normalized spacial score (nSPS) is 19.1. The van der Waals surface area contributed by atoms with Crippen LogP contribution in [0.3, 0.4) is 0 Å². The number of carbonyl (C=O) groups excluding carboxylic acids is 2. The summed E-state index contributed by atoms with van der Waals surface area (Å²) in [5.74, 6) is -0.459. The van der Waals surface area contributed by atoms with E-state index in [0.717, 1.165) is 29.7 Å². The maximum atomic E-state index is 13.5. The van der Waals surface area contributed by atoms with Crippen LogP contribution in [0.15, 0.2) is 35.4 Å². The number of hydrogen-bond acceptors (Lipinski definition) is 10. The second-order valence-corrected chi connectivity index (χ2v) is 13.8. The Morgan fingerprint density at radius 2 is 1.74 bits per heavy atom. The first-order valence-electron chi connectivity index (χ1n) is 13.3. The molecule has 0 spiro atoms. The molecule has 11 heteroatoms. The highest BCUT2D eigenvalue weighted by atomic mass is 32.2. The van der Waals surface area contributed by atoms with Crippen LogP contribution in [0.1, 0.15) is 78.0 Å². The lowest BCUT2D eigenvalue weighted by atomic mass is 9.81. The monoisotopic (exact) mass is 579 g/mol. The van der Waals surface area contributed by atoms with Crippen molar-refractivity contribution in [3.63, 3.8) is 0 Å². The highest BCUT2D eigenvalue weighted by Gasteiger charge is 2.38. The first-order valence-corrected chi connectivity index (χ1v) is 15.7. The number of ketones is 2. The number of sulfone groups is 1. The van der Waals surface area contributed by atoms with E-state index in [2.05, 4.69) is 4.98 Å². The number of aliphatic hydroxyl groups is 1. The van der Waals surface area contributed by atoms with Gasteiger partial charge in [0.15, 0.2) is 26.9 Å². The molecule has 2 unspecified atom stereocenters. The van der Waals surface area contributed by atoms with Crippen molar-refractivity contribution in [1.29, 1.82) is 0 Å². The van der Waals surface area contributed by atoms with E-state index >= 15 is 0 Å². The van der Waals surface area contributed by atoms with Crippen LogP contribution in [0.25, 0.3) is 0 Å². The SMILES string of the molecule is COC(OC)C(C)(O)c1cnc(C(=O)CCC(=O)C(CC2CCOCC2)c2ccc(S(=O)(=O)C3CC3)cc2)s1. The third-order valence-corrected chi connectivity index (χ3v) is 11.1. The molecular formula is C28H37NO8S2. The second kappa shape index (κ2) is 12.7. The first kappa shape index (κ1) is 30.0. The third kappa shape index (κ3) is 7.01. The van der Waals surface area contributed by atoms with Crippen LogP contribution >= 0.6 is 11.3 Å². The van der Waals surface area contributed by atoms with Crippen molar-refractivity contribution in [2.75, 3.05) is 27.4 Å². The van der Waals surface area contributed by atoms with Crippen LogP contribution in [0.2, 0.25) is 0 Å². The van der Waals surface area contributed by atoms with Crippen LogP contribution in [0.4, 0.5) is 0 Å². The Kier molecular flexibility index (Phi) is 9.72. The Morgan fingerprint density at radius 1 is 1.10 bits per heavy atom. The number of aromatic nitrogens is 1. The van der Waals surface area contributed by atoms with E-state index in [1.165, 1.54) is 27.3 Å². The lowest BCUT2D eigenvalue weighted by Gasteiger charge is -2.28. The number of carbonyl (C=O) groups is 2. The lowest BCUT2D eigenvalue weighted by Crippen LogP contribution is -2.38. The molecule has 1 aliphatic carbocycles. The molecule has 4 rings (SSSR count). The molecule has 1 saturated heterocycles. The highest BCUT2D eigenvalue weighted by molar-refractivity contribution is 7.92. The van der Waals surface area contributed by atoms with Gasteiger partial charge in [-0.1, -0.05) is 12.1 Å². The van der Waals surface area contributed by atoms with E-state index in [0.29, 0.717) is 48.2 Å². The van der Waals surface area contributed by atoms with Crippen molar-refractivity contribution in [2.45, 2.75) is 79.8 Å². The minimum Gasteiger partial charge on any atom is -0.381 e. The Labute approximate surface area is 233 Å². The van der Waals surface area contributed by atoms with Crippen molar-refractivity contribution < 1.29 is 37.3 Å². The van der Waals surface area contributed by atoms with Crippen LogP contribution < -0.4 is 0 Å². The number of methoxy groups -OCH3 is 2. The molecule has 9 nitrogen and oxygen atoms in total. The molecule has 2 heterocycles. The molecule has 39 heavy (non-hydrogen) atoms. The van der Waals surface area contributed by atoms with Crippen molar-refractivity contribution in [3.8, 4) is 0 Å². The van der Waals surface area contributed by atoms with Crippen LogP contribution in [-0.2, 0) is 34.4 Å². The summed E-state index contributed by atoms with van der Waals surface area (Å²) in [7, 11) is -0.482. The van der Waals surface area contributed by atoms with Crippen LogP contribution in [0, 0.1) is 5.92 Å². The second-order valence-electron chi connectivity index (χ2n) is 10.5. The van der Waals surface area contributed by atoms with Gasteiger partial charge in [0.25, 0.3) is 0 Å². The zero-order valence-electron chi connectivity index (χ0n) is 22.6. The van der Waals surface area contributed by atoms with Crippen molar-refractivity contribution >= 4 is 32.7 Å². The number of ether oxygens (including phenoxy) is 3. The zero-order chi connectivity index (χ0) is 28.2. The molecule has 1 N–H and O–H groups in total. The van der Waals surface area contributed by atoms with Gasteiger partial charge in [0.1, 0.15) is 11.4 Å². The van der Waals surface area contributed by atoms with E-state index in [-0.39, 0.29) is 34.7 Å². The first-order chi connectivity index (χ1) is 18.6. The predicted octanol–water partition coefficient (Wildman–Crippen LogP) is 4.04. The number of Topliss-reactive ketones (excluding diaryl/α,β-unsaturated/α-hetero) is 2. The topological polar surface area (TPSA) is 129 Å². The summed E-state index contributed by atoms with van der Waals surface area (Å²) in [6.45, 7) is 2.84. The summed E-state index contributed by atoms with van der Waals surface area (Å²) >= 11 is 1.05. The van der Waals surface area contributed by atoms with Crippen molar-refractivity contribution in [1.82, 2.24) is 4.98 Å². The maximum absolute atomic E-state index is 13.5. The summed E-state index contributed by atoms with van der Waals surface area (Å²) in [6.07, 6.45) is 4.27. The fourth-order valence-corrected chi connectivity index (χ4v) is 7.65. The smallest absolute Gasteiger partial charge is 0.191 e. The predicted molar refractivity (Wildman–Crippen MR) is 146 cm³/mol.